The average molecular weight is 736 g/mol. The summed E-state index contributed by atoms with van der Waals surface area (Å²) in [5, 5.41) is 0. The van der Waals surface area contributed by atoms with Crippen molar-refractivity contribution >= 4 is 23.1 Å². The molecule has 4 rings (SSSR count). The van der Waals surface area contributed by atoms with Crippen LogP contribution in [0.1, 0.15) is 79.4 Å². The summed E-state index contributed by atoms with van der Waals surface area (Å²) < 4.78 is 56.5. The molecule has 0 amide bonds. The monoisotopic (exact) mass is 735 g/mol. The maximum atomic E-state index is 14.7. The molecule has 2 aliphatic heterocycles. The van der Waals surface area contributed by atoms with Crippen molar-refractivity contribution in [2.24, 2.45) is 36.2 Å². The van der Waals surface area contributed by atoms with Crippen LogP contribution in [-0.4, -0.2) is 45.1 Å². The van der Waals surface area contributed by atoms with E-state index in [0.717, 1.165) is 12.1 Å². The molecule has 2 aromatic heterocycles. The first-order valence-corrected chi connectivity index (χ1v) is 12.8. The SMILES string of the molecule is CC(C)(C)CC1N=C(C(C)(C)C2=NC(CC(C)(C)C)C(c3[c-]cc(F)nc3F)=N2)N=C1c1[c-]cc(F)nc1F.[Pt+2]. The van der Waals surface area contributed by atoms with Crippen LogP contribution in [-0.2, 0) is 21.1 Å². The summed E-state index contributed by atoms with van der Waals surface area (Å²) in [6.07, 6.45) is 1.07. The fourth-order valence-corrected chi connectivity index (χ4v) is 4.55. The van der Waals surface area contributed by atoms with Crippen LogP contribution in [0.15, 0.2) is 32.1 Å². The van der Waals surface area contributed by atoms with Gasteiger partial charge in [0, 0.05) is 0 Å². The van der Waals surface area contributed by atoms with E-state index in [-0.39, 0.29) is 43.0 Å². The van der Waals surface area contributed by atoms with Crippen LogP contribution >= 0.6 is 0 Å². The summed E-state index contributed by atoms with van der Waals surface area (Å²) in [6, 6.07) is 6.12. The molecule has 0 aromatic carbocycles. The molecule has 216 valence electrons. The van der Waals surface area contributed by atoms with Gasteiger partial charge < -0.3 is 0 Å². The molecule has 2 unspecified atom stereocenters. The van der Waals surface area contributed by atoms with Crippen molar-refractivity contribution in [1.29, 1.82) is 0 Å². The predicted molar refractivity (Wildman–Crippen MR) is 143 cm³/mol. The van der Waals surface area contributed by atoms with Crippen molar-refractivity contribution < 1.29 is 38.6 Å². The summed E-state index contributed by atoms with van der Waals surface area (Å²) in [4.78, 5) is 25.7. The van der Waals surface area contributed by atoms with Crippen LogP contribution in [0.4, 0.5) is 17.6 Å². The number of aliphatic imine (C=N–C) groups is 4. The van der Waals surface area contributed by atoms with Gasteiger partial charge in [-0.3, -0.25) is 29.9 Å². The van der Waals surface area contributed by atoms with Gasteiger partial charge in [-0.25, -0.2) is 17.6 Å². The largest absolute Gasteiger partial charge is 2.00 e. The number of pyridine rings is 2. The zero-order chi connectivity index (χ0) is 28.9. The van der Waals surface area contributed by atoms with Crippen LogP contribution in [0.3, 0.4) is 0 Å². The summed E-state index contributed by atoms with van der Waals surface area (Å²) in [7, 11) is 0. The first-order valence-electron chi connectivity index (χ1n) is 12.8. The van der Waals surface area contributed by atoms with Gasteiger partial charge in [0.15, 0.2) is 0 Å². The van der Waals surface area contributed by atoms with Gasteiger partial charge >= 0.3 is 21.1 Å². The molecule has 0 aliphatic carbocycles. The molecule has 0 fully saturated rings. The van der Waals surface area contributed by atoms with E-state index in [4.69, 9.17) is 20.0 Å². The van der Waals surface area contributed by atoms with Crippen LogP contribution < -0.4 is 0 Å². The fourth-order valence-electron chi connectivity index (χ4n) is 4.55. The molecule has 0 bridgehead atoms. The Kier molecular flexibility index (Phi) is 9.05. The first-order chi connectivity index (χ1) is 17.9. The van der Waals surface area contributed by atoms with E-state index < -0.39 is 41.3 Å². The third-order valence-electron chi connectivity index (χ3n) is 6.38. The van der Waals surface area contributed by atoms with Gasteiger partial charge in [-0.05, 0) is 48.9 Å². The van der Waals surface area contributed by atoms with Crippen molar-refractivity contribution in [3.63, 3.8) is 0 Å². The molecule has 2 atom stereocenters. The quantitative estimate of drug-likeness (QED) is 0.197. The van der Waals surface area contributed by atoms with Crippen LogP contribution in [0.5, 0.6) is 0 Å². The third-order valence-corrected chi connectivity index (χ3v) is 6.38. The third kappa shape index (κ3) is 6.99. The van der Waals surface area contributed by atoms with Gasteiger partial charge in [0.1, 0.15) is 35.5 Å². The number of hydrogen-bond acceptors (Lipinski definition) is 6. The molecule has 0 N–H and O–H groups in total. The molecule has 0 spiro atoms. The zero-order valence-electron chi connectivity index (χ0n) is 23.7. The Hall–Kier alpha value is -2.61. The van der Waals surface area contributed by atoms with Gasteiger partial charge in [0.25, 0.3) is 0 Å². The van der Waals surface area contributed by atoms with E-state index in [1.165, 1.54) is 0 Å². The zero-order valence-corrected chi connectivity index (χ0v) is 26.0. The van der Waals surface area contributed by atoms with Gasteiger partial charge in [-0.2, -0.15) is 0 Å². The summed E-state index contributed by atoms with van der Waals surface area (Å²) in [5.74, 6) is -3.28. The van der Waals surface area contributed by atoms with E-state index >= 15 is 0 Å². The second-order valence-corrected chi connectivity index (χ2v) is 12.9. The van der Waals surface area contributed by atoms with Crippen molar-refractivity contribution in [2.45, 2.75) is 80.3 Å². The Morgan fingerprint density at radius 3 is 1.30 bits per heavy atom. The van der Waals surface area contributed by atoms with Crippen LogP contribution in [0.25, 0.3) is 0 Å². The number of hydrogen-bond donors (Lipinski definition) is 0. The van der Waals surface area contributed by atoms with Crippen LogP contribution in [0.2, 0.25) is 0 Å². The van der Waals surface area contributed by atoms with Gasteiger partial charge in [0.05, 0.1) is 17.5 Å². The second-order valence-electron chi connectivity index (χ2n) is 12.9. The minimum atomic E-state index is -1.01. The first kappa shape index (κ1) is 31.9. The Labute approximate surface area is 246 Å². The number of halogens is 4. The van der Waals surface area contributed by atoms with Crippen LogP contribution in [0, 0.1) is 52.2 Å². The summed E-state index contributed by atoms with van der Waals surface area (Å²) in [6.45, 7) is 15.8. The van der Waals surface area contributed by atoms with E-state index in [1.807, 2.05) is 55.4 Å². The van der Waals surface area contributed by atoms with Crippen molar-refractivity contribution in [3.05, 3.63) is 59.2 Å². The molecule has 0 saturated heterocycles. The summed E-state index contributed by atoms with van der Waals surface area (Å²) >= 11 is 0. The van der Waals surface area contributed by atoms with Crippen molar-refractivity contribution in [2.75, 3.05) is 0 Å². The van der Waals surface area contributed by atoms with Crippen molar-refractivity contribution in [1.82, 2.24) is 9.97 Å². The molecule has 11 heteroatoms. The molecule has 0 radical (unpaired) electrons. The Morgan fingerprint density at radius 2 is 1.00 bits per heavy atom. The van der Waals surface area contributed by atoms with Gasteiger partial charge in [-0.15, -0.1) is 12.1 Å². The molecular weight excluding hydrogens is 703 g/mol. The fraction of sp³-hybridized carbons (Fsp3) is 0.517. The minimum Gasteiger partial charge on any atom is -0.291 e. The molecule has 40 heavy (non-hydrogen) atoms. The van der Waals surface area contributed by atoms with Crippen molar-refractivity contribution in [3.8, 4) is 0 Å². The number of amidine groups is 2. The molecule has 2 aromatic rings. The van der Waals surface area contributed by atoms with E-state index in [0.29, 0.717) is 35.9 Å². The maximum absolute atomic E-state index is 14.7. The predicted octanol–water partition coefficient (Wildman–Crippen LogP) is 6.37. The number of rotatable bonds is 6. The molecular formula is C29H32F4N6Pt. The average Bonchev–Trinajstić information content (AvgIpc) is 3.37. The van der Waals surface area contributed by atoms with Gasteiger partial charge in [-0.1, -0.05) is 64.8 Å². The number of aromatic nitrogens is 2. The van der Waals surface area contributed by atoms with Gasteiger partial charge in [0.2, 0.25) is 0 Å². The standard InChI is InChI=1S/C29H32F4N6.Pt/c1-27(2,3)13-17-21(15-9-11-19(30)36-23(15)32)38-25(34-17)29(7,8)26-35-18(14-28(4,5)6)22(39-26)16-10-12-20(31)37-24(16)33;/h11-12,17-18H,13-14H2,1-8H3;/q-2;+2. The Morgan fingerprint density at radius 1 is 0.650 bits per heavy atom. The van der Waals surface area contributed by atoms with E-state index in [9.17, 15) is 17.6 Å². The maximum Gasteiger partial charge on any atom is 2.00 e. The Balaban J connectivity index is 0.00000441. The smallest absolute Gasteiger partial charge is 0.291 e. The summed E-state index contributed by atoms with van der Waals surface area (Å²) in [5.41, 5.74) is -0.827. The van der Waals surface area contributed by atoms with E-state index in [2.05, 4.69) is 22.1 Å². The van der Waals surface area contributed by atoms with E-state index in [1.54, 1.807) is 0 Å². The molecule has 4 heterocycles. The normalized spacial score (nSPS) is 19.6. The minimum absolute atomic E-state index is 0. The molecule has 2 aliphatic rings. The number of nitrogens with zero attached hydrogens (tertiary/aromatic N) is 6. The molecule has 0 saturated carbocycles. The second kappa shape index (κ2) is 11.3. The topological polar surface area (TPSA) is 75.2 Å². The molecule has 6 nitrogen and oxygen atoms in total. The Bertz CT molecular complexity index is 1310.